The van der Waals surface area contributed by atoms with Gasteiger partial charge in [0.15, 0.2) is 0 Å². The van der Waals surface area contributed by atoms with Crippen LogP contribution in [0.25, 0.3) is 0 Å². The molecule has 0 saturated carbocycles. The second-order valence-electron chi connectivity index (χ2n) is 3.40. The predicted molar refractivity (Wildman–Crippen MR) is 68.9 cm³/mol. The van der Waals surface area contributed by atoms with Crippen LogP contribution in [0, 0.1) is 0 Å². The van der Waals surface area contributed by atoms with Crippen molar-refractivity contribution in [1.82, 2.24) is 0 Å². The van der Waals surface area contributed by atoms with Gasteiger partial charge in [0.1, 0.15) is 6.04 Å². The molecule has 0 saturated heterocycles. The SMILES string of the molecule is CCOC(OCC)(OCC)C(N)c1cccs1. The third kappa shape index (κ3) is 3.50. The molecular weight excluding hydrogens is 238 g/mol. The van der Waals surface area contributed by atoms with E-state index in [2.05, 4.69) is 0 Å². The van der Waals surface area contributed by atoms with Gasteiger partial charge in [-0.3, -0.25) is 0 Å². The maximum Gasteiger partial charge on any atom is 0.304 e. The van der Waals surface area contributed by atoms with Crippen molar-refractivity contribution in [3.8, 4) is 0 Å². The van der Waals surface area contributed by atoms with Crippen LogP contribution in [0.4, 0.5) is 0 Å². The van der Waals surface area contributed by atoms with Gasteiger partial charge in [-0.1, -0.05) is 6.07 Å². The summed E-state index contributed by atoms with van der Waals surface area (Å²) in [5.74, 6) is -1.18. The fourth-order valence-electron chi connectivity index (χ4n) is 1.64. The summed E-state index contributed by atoms with van der Waals surface area (Å²) in [7, 11) is 0. The normalized spacial score (nSPS) is 13.9. The molecule has 4 nitrogen and oxygen atoms in total. The Balaban J connectivity index is 2.93. The van der Waals surface area contributed by atoms with Gasteiger partial charge in [-0.15, -0.1) is 11.3 Å². The largest absolute Gasteiger partial charge is 0.326 e. The van der Waals surface area contributed by atoms with Crippen molar-refractivity contribution in [3.05, 3.63) is 22.4 Å². The molecule has 0 spiro atoms. The van der Waals surface area contributed by atoms with Crippen molar-refractivity contribution in [2.75, 3.05) is 19.8 Å². The standard InChI is InChI=1S/C12H21NO3S/c1-4-14-12(15-5-2,16-6-3)11(13)10-8-7-9-17-10/h7-9,11H,4-6,13H2,1-3H3. The maximum atomic E-state index is 6.21. The minimum atomic E-state index is -1.18. The molecule has 0 radical (unpaired) electrons. The zero-order valence-corrected chi connectivity index (χ0v) is 11.5. The average Bonchev–Trinajstić information content (AvgIpc) is 2.82. The van der Waals surface area contributed by atoms with Gasteiger partial charge in [-0.05, 0) is 32.2 Å². The molecule has 98 valence electrons. The topological polar surface area (TPSA) is 53.7 Å². The Morgan fingerprint density at radius 2 is 1.71 bits per heavy atom. The minimum absolute atomic E-state index is 0.442. The van der Waals surface area contributed by atoms with Crippen LogP contribution in [-0.4, -0.2) is 25.8 Å². The van der Waals surface area contributed by atoms with E-state index in [0.29, 0.717) is 19.8 Å². The van der Waals surface area contributed by atoms with E-state index in [1.807, 2.05) is 38.3 Å². The van der Waals surface area contributed by atoms with Gasteiger partial charge < -0.3 is 19.9 Å². The van der Waals surface area contributed by atoms with Crippen LogP contribution in [0.15, 0.2) is 17.5 Å². The average molecular weight is 259 g/mol. The van der Waals surface area contributed by atoms with Crippen LogP contribution in [-0.2, 0) is 14.2 Å². The van der Waals surface area contributed by atoms with E-state index in [4.69, 9.17) is 19.9 Å². The van der Waals surface area contributed by atoms with E-state index in [9.17, 15) is 0 Å². The van der Waals surface area contributed by atoms with E-state index in [1.165, 1.54) is 0 Å². The molecule has 5 heteroatoms. The van der Waals surface area contributed by atoms with E-state index in [0.717, 1.165) is 4.88 Å². The Hall–Kier alpha value is -0.460. The van der Waals surface area contributed by atoms with Gasteiger partial charge >= 0.3 is 5.97 Å². The molecular formula is C12H21NO3S. The van der Waals surface area contributed by atoms with Gasteiger partial charge in [-0.25, -0.2) is 0 Å². The molecule has 1 aromatic rings. The smallest absolute Gasteiger partial charge is 0.304 e. The Bertz CT molecular complexity index is 286. The first-order valence-corrected chi connectivity index (χ1v) is 6.79. The first-order chi connectivity index (χ1) is 8.20. The lowest BCUT2D eigenvalue weighted by Gasteiger charge is -2.36. The molecule has 1 aromatic heterocycles. The van der Waals surface area contributed by atoms with E-state index in [1.54, 1.807) is 11.3 Å². The molecule has 0 aliphatic carbocycles. The quantitative estimate of drug-likeness (QED) is 0.729. The highest BCUT2D eigenvalue weighted by atomic mass is 32.1. The van der Waals surface area contributed by atoms with Crippen LogP contribution in [0.2, 0.25) is 0 Å². The summed E-state index contributed by atoms with van der Waals surface area (Å²) in [5.41, 5.74) is 6.21. The molecule has 17 heavy (non-hydrogen) atoms. The maximum absolute atomic E-state index is 6.21. The zero-order valence-electron chi connectivity index (χ0n) is 10.6. The number of hydrogen-bond acceptors (Lipinski definition) is 5. The Morgan fingerprint density at radius 3 is 2.06 bits per heavy atom. The first kappa shape index (κ1) is 14.6. The molecule has 1 unspecified atom stereocenters. The summed E-state index contributed by atoms with van der Waals surface area (Å²) >= 11 is 1.57. The Kier molecular flexibility index (Phi) is 6.08. The minimum Gasteiger partial charge on any atom is -0.326 e. The summed E-state index contributed by atoms with van der Waals surface area (Å²) < 4.78 is 16.9. The van der Waals surface area contributed by atoms with Crippen molar-refractivity contribution in [3.63, 3.8) is 0 Å². The summed E-state index contributed by atoms with van der Waals surface area (Å²) in [4.78, 5) is 0.986. The summed E-state index contributed by atoms with van der Waals surface area (Å²) in [6.07, 6.45) is 0. The highest BCUT2D eigenvalue weighted by molar-refractivity contribution is 7.10. The zero-order chi connectivity index (χ0) is 12.7. The molecule has 1 heterocycles. The number of ether oxygens (including phenoxy) is 3. The summed E-state index contributed by atoms with van der Waals surface area (Å²) in [6.45, 7) is 7.15. The summed E-state index contributed by atoms with van der Waals surface area (Å²) in [6, 6.07) is 3.47. The predicted octanol–water partition coefficient (Wildman–Crippen LogP) is 2.51. The van der Waals surface area contributed by atoms with Gasteiger partial charge in [-0.2, -0.15) is 0 Å². The molecule has 0 fully saturated rings. The van der Waals surface area contributed by atoms with Crippen molar-refractivity contribution in [2.45, 2.75) is 32.8 Å². The number of hydrogen-bond donors (Lipinski definition) is 1. The van der Waals surface area contributed by atoms with Gasteiger partial charge in [0, 0.05) is 24.7 Å². The Morgan fingerprint density at radius 1 is 1.18 bits per heavy atom. The molecule has 0 aliphatic rings. The monoisotopic (exact) mass is 259 g/mol. The third-order valence-electron chi connectivity index (χ3n) is 2.27. The van der Waals surface area contributed by atoms with Crippen LogP contribution in [0.5, 0.6) is 0 Å². The lowest BCUT2D eigenvalue weighted by molar-refractivity contribution is -0.387. The molecule has 0 amide bonds. The number of nitrogens with two attached hydrogens (primary N) is 1. The van der Waals surface area contributed by atoms with Crippen molar-refractivity contribution in [2.24, 2.45) is 5.73 Å². The van der Waals surface area contributed by atoms with Crippen molar-refractivity contribution >= 4 is 11.3 Å². The van der Waals surface area contributed by atoms with Crippen LogP contribution < -0.4 is 5.73 Å². The number of thiophene rings is 1. The molecule has 1 atom stereocenters. The fourth-order valence-corrected chi connectivity index (χ4v) is 2.40. The van der Waals surface area contributed by atoms with E-state index in [-0.39, 0.29) is 0 Å². The molecule has 0 bridgehead atoms. The highest BCUT2D eigenvalue weighted by Gasteiger charge is 2.41. The van der Waals surface area contributed by atoms with Crippen LogP contribution in [0.1, 0.15) is 31.7 Å². The first-order valence-electron chi connectivity index (χ1n) is 5.91. The van der Waals surface area contributed by atoms with Gasteiger partial charge in [0.05, 0.1) is 0 Å². The van der Waals surface area contributed by atoms with E-state index < -0.39 is 12.0 Å². The Labute approximate surface area is 107 Å². The molecule has 1 rings (SSSR count). The van der Waals surface area contributed by atoms with Crippen LogP contribution in [0.3, 0.4) is 0 Å². The lowest BCUT2D eigenvalue weighted by atomic mass is 10.2. The lowest BCUT2D eigenvalue weighted by Crippen LogP contribution is -2.48. The number of rotatable bonds is 8. The second kappa shape index (κ2) is 7.08. The van der Waals surface area contributed by atoms with Gasteiger partial charge in [0.25, 0.3) is 0 Å². The molecule has 0 aliphatic heterocycles. The third-order valence-corrected chi connectivity index (χ3v) is 3.22. The van der Waals surface area contributed by atoms with Crippen molar-refractivity contribution in [1.29, 1.82) is 0 Å². The fraction of sp³-hybridized carbons (Fsp3) is 0.667. The summed E-state index contributed by atoms with van der Waals surface area (Å²) in [5, 5.41) is 1.98. The van der Waals surface area contributed by atoms with Gasteiger partial charge in [0.2, 0.25) is 0 Å². The highest BCUT2D eigenvalue weighted by Crippen LogP contribution is 2.32. The second-order valence-corrected chi connectivity index (χ2v) is 4.37. The van der Waals surface area contributed by atoms with Crippen LogP contribution >= 0.6 is 11.3 Å². The molecule has 0 aromatic carbocycles. The molecule has 2 N–H and O–H groups in total. The van der Waals surface area contributed by atoms with E-state index >= 15 is 0 Å². The van der Waals surface area contributed by atoms with Crippen molar-refractivity contribution < 1.29 is 14.2 Å².